The van der Waals surface area contributed by atoms with Gasteiger partial charge in [-0.05, 0) is 42.5 Å². The Hall–Kier alpha value is -1.04. The largest absolute Gasteiger partial charge is 0.0764 e. The maximum atomic E-state index is 2.39. The summed E-state index contributed by atoms with van der Waals surface area (Å²) in [6, 6.07) is 4.72. The summed E-state index contributed by atoms with van der Waals surface area (Å²) >= 11 is 0. The van der Waals surface area contributed by atoms with Crippen LogP contribution in [-0.2, 0) is 0 Å². The van der Waals surface area contributed by atoms with Gasteiger partial charge in [0.25, 0.3) is 0 Å². The van der Waals surface area contributed by atoms with Crippen LogP contribution < -0.4 is 0 Å². The molecule has 0 heteroatoms. The van der Waals surface area contributed by atoms with Gasteiger partial charge in [-0.2, -0.15) is 0 Å². The monoisotopic (exact) mass is 214 g/mol. The first-order valence-electron chi connectivity index (χ1n) is 6.51. The van der Waals surface area contributed by atoms with E-state index in [0.717, 1.165) is 0 Å². The van der Waals surface area contributed by atoms with Gasteiger partial charge < -0.3 is 0 Å². The number of unbranched alkanes of at least 4 members (excludes halogenated alkanes) is 2. The van der Waals surface area contributed by atoms with Crippen LogP contribution in [0.4, 0.5) is 0 Å². The molecule has 0 amide bonds. The topological polar surface area (TPSA) is 0 Å². The lowest BCUT2D eigenvalue weighted by Crippen LogP contribution is -1.95. The highest BCUT2D eigenvalue weighted by Gasteiger charge is 2.17. The molecule has 1 aliphatic rings. The summed E-state index contributed by atoms with van der Waals surface area (Å²) in [6.07, 6.45) is 10.1. The molecule has 1 aromatic carbocycles. The zero-order valence-electron chi connectivity index (χ0n) is 10.7. The van der Waals surface area contributed by atoms with E-state index in [-0.39, 0.29) is 0 Å². The summed E-state index contributed by atoms with van der Waals surface area (Å²) in [4.78, 5) is 0. The molecule has 0 nitrogen and oxygen atoms in total. The number of hydrogen-bond acceptors (Lipinski definition) is 0. The van der Waals surface area contributed by atoms with Crippen LogP contribution >= 0.6 is 0 Å². The number of aryl methyl sites for hydroxylation is 2. The van der Waals surface area contributed by atoms with Gasteiger partial charge in [-0.15, -0.1) is 0 Å². The van der Waals surface area contributed by atoms with E-state index in [2.05, 4.69) is 45.1 Å². The summed E-state index contributed by atoms with van der Waals surface area (Å²) in [5.74, 6) is 0.681. The van der Waals surface area contributed by atoms with Gasteiger partial charge in [0.2, 0.25) is 0 Å². The first kappa shape index (κ1) is 11.4. The smallest absolute Gasteiger partial charge is 0.00273 e. The molecule has 1 unspecified atom stereocenters. The Bertz CT molecular complexity index is 399. The van der Waals surface area contributed by atoms with E-state index in [9.17, 15) is 0 Å². The number of rotatable bonds is 4. The van der Waals surface area contributed by atoms with E-state index in [1.807, 2.05) is 0 Å². The van der Waals surface area contributed by atoms with Gasteiger partial charge in [0.1, 0.15) is 0 Å². The molecule has 0 fully saturated rings. The van der Waals surface area contributed by atoms with E-state index in [4.69, 9.17) is 0 Å². The summed E-state index contributed by atoms with van der Waals surface area (Å²) in [5, 5.41) is 0. The van der Waals surface area contributed by atoms with E-state index in [0.29, 0.717) is 5.92 Å². The molecule has 0 spiro atoms. The number of hydrogen-bond donors (Lipinski definition) is 0. The quantitative estimate of drug-likeness (QED) is 0.619. The molecule has 1 aliphatic carbocycles. The molecular weight excluding hydrogens is 192 g/mol. The van der Waals surface area contributed by atoms with E-state index >= 15 is 0 Å². The zero-order valence-corrected chi connectivity index (χ0v) is 10.7. The van der Waals surface area contributed by atoms with Crippen molar-refractivity contribution in [2.45, 2.75) is 52.4 Å². The summed E-state index contributed by atoms with van der Waals surface area (Å²) in [7, 11) is 0. The predicted octanol–water partition coefficient (Wildman–Crippen LogP) is 4.99. The molecule has 0 N–H and O–H groups in total. The van der Waals surface area contributed by atoms with Crippen LogP contribution in [0.25, 0.3) is 6.08 Å². The van der Waals surface area contributed by atoms with E-state index in [1.165, 1.54) is 42.4 Å². The molecule has 0 saturated carbocycles. The molecule has 16 heavy (non-hydrogen) atoms. The average Bonchev–Trinajstić information content (AvgIpc) is 2.63. The Kier molecular flexibility index (Phi) is 3.48. The average molecular weight is 214 g/mol. The fraction of sp³-hybridized carbons (Fsp3) is 0.500. The second-order valence-electron chi connectivity index (χ2n) is 5.03. The molecule has 2 rings (SSSR count). The van der Waals surface area contributed by atoms with Crippen molar-refractivity contribution in [3.63, 3.8) is 0 Å². The Labute approximate surface area is 99.4 Å². The van der Waals surface area contributed by atoms with Crippen LogP contribution in [0.15, 0.2) is 18.2 Å². The molecule has 0 aliphatic heterocycles. The Morgan fingerprint density at radius 1 is 1.06 bits per heavy atom. The normalized spacial score (nSPS) is 17.8. The van der Waals surface area contributed by atoms with Crippen LogP contribution in [0.5, 0.6) is 0 Å². The third kappa shape index (κ3) is 2.21. The minimum absolute atomic E-state index is 0.681. The van der Waals surface area contributed by atoms with Crippen molar-refractivity contribution in [1.82, 2.24) is 0 Å². The minimum atomic E-state index is 0.681. The number of allylic oxidation sites excluding steroid dienone is 1. The maximum Gasteiger partial charge on any atom is 0.00273 e. The van der Waals surface area contributed by atoms with Crippen molar-refractivity contribution in [2.24, 2.45) is 0 Å². The SMILES string of the molecule is CCCCCC1C=Cc2cc(C)c(C)cc21. The van der Waals surface area contributed by atoms with Crippen LogP contribution in [0.1, 0.15) is 60.8 Å². The second kappa shape index (κ2) is 4.86. The van der Waals surface area contributed by atoms with Crippen molar-refractivity contribution in [3.8, 4) is 0 Å². The van der Waals surface area contributed by atoms with Crippen molar-refractivity contribution in [2.75, 3.05) is 0 Å². The van der Waals surface area contributed by atoms with Gasteiger partial charge >= 0.3 is 0 Å². The third-order valence-corrected chi connectivity index (χ3v) is 3.73. The molecular formula is C16H22. The molecule has 0 bridgehead atoms. The number of fused-ring (bicyclic) bond motifs is 1. The maximum absolute atomic E-state index is 2.39. The molecule has 86 valence electrons. The molecule has 0 saturated heterocycles. The third-order valence-electron chi connectivity index (χ3n) is 3.73. The summed E-state index contributed by atoms with van der Waals surface area (Å²) < 4.78 is 0. The van der Waals surface area contributed by atoms with Crippen molar-refractivity contribution in [1.29, 1.82) is 0 Å². The minimum Gasteiger partial charge on any atom is -0.0764 e. The zero-order chi connectivity index (χ0) is 11.5. The van der Waals surface area contributed by atoms with Crippen molar-refractivity contribution >= 4 is 6.08 Å². The van der Waals surface area contributed by atoms with Gasteiger partial charge in [-0.1, -0.05) is 50.5 Å². The van der Waals surface area contributed by atoms with Crippen LogP contribution in [0.3, 0.4) is 0 Å². The summed E-state index contributed by atoms with van der Waals surface area (Å²) in [5.41, 5.74) is 5.85. The molecule has 0 radical (unpaired) electrons. The van der Waals surface area contributed by atoms with Gasteiger partial charge in [0.05, 0.1) is 0 Å². The lowest BCUT2D eigenvalue weighted by Gasteiger charge is -2.12. The fourth-order valence-electron chi connectivity index (χ4n) is 2.52. The standard InChI is InChI=1S/C16H22/c1-4-5-6-7-14-8-9-15-10-12(2)13(3)11-16(14)15/h8-11,14H,4-7H2,1-3H3. The first-order chi connectivity index (χ1) is 7.72. The van der Waals surface area contributed by atoms with Crippen molar-refractivity contribution in [3.05, 3.63) is 40.5 Å². The van der Waals surface area contributed by atoms with Crippen LogP contribution in [-0.4, -0.2) is 0 Å². The highest BCUT2D eigenvalue weighted by molar-refractivity contribution is 5.64. The lowest BCUT2D eigenvalue weighted by atomic mass is 9.92. The second-order valence-corrected chi connectivity index (χ2v) is 5.03. The van der Waals surface area contributed by atoms with Crippen molar-refractivity contribution < 1.29 is 0 Å². The predicted molar refractivity (Wildman–Crippen MR) is 71.8 cm³/mol. The highest BCUT2D eigenvalue weighted by atomic mass is 14.2. The van der Waals surface area contributed by atoms with Gasteiger partial charge in [-0.3, -0.25) is 0 Å². The van der Waals surface area contributed by atoms with Gasteiger partial charge in [0.15, 0.2) is 0 Å². The lowest BCUT2D eigenvalue weighted by molar-refractivity contribution is 0.632. The van der Waals surface area contributed by atoms with E-state index < -0.39 is 0 Å². The molecule has 1 atom stereocenters. The number of benzene rings is 1. The highest BCUT2D eigenvalue weighted by Crippen LogP contribution is 2.35. The fourth-order valence-corrected chi connectivity index (χ4v) is 2.52. The van der Waals surface area contributed by atoms with E-state index in [1.54, 1.807) is 5.56 Å². The Morgan fingerprint density at radius 2 is 1.81 bits per heavy atom. The molecule has 0 aromatic heterocycles. The Balaban J connectivity index is 2.13. The molecule has 1 aromatic rings. The summed E-state index contributed by atoms with van der Waals surface area (Å²) in [6.45, 7) is 6.69. The van der Waals surface area contributed by atoms with Crippen LogP contribution in [0.2, 0.25) is 0 Å². The van der Waals surface area contributed by atoms with Gasteiger partial charge in [-0.25, -0.2) is 0 Å². The first-order valence-corrected chi connectivity index (χ1v) is 6.51. The van der Waals surface area contributed by atoms with Gasteiger partial charge in [0, 0.05) is 5.92 Å². The van der Waals surface area contributed by atoms with Crippen LogP contribution in [0, 0.1) is 13.8 Å². The Morgan fingerprint density at radius 3 is 2.56 bits per heavy atom. The molecule has 0 heterocycles.